The van der Waals surface area contributed by atoms with Crippen LogP contribution < -0.4 is 0 Å². The molecule has 0 radical (unpaired) electrons. The maximum absolute atomic E-state index is 5.88. The van der Waals surface area contributed by atoms with Gasteiger partial charge in [-0.05, 0) is 31.1 Å². The highest BCUT2D eigenvalue weighted by Gasteiger charge is 2.24. The lowest BCUT2D eigenvalue weighted by atomic mass is 10.2. The van der Waals surface area contributed by atoms with E-state index in [0.29, 0.717) is 0 Å². The number of hydrogen-bond donors (Lipinski definition) is 0. The van der Waals surface area contributed by atoms with Gasteiger partial charge in [0.25, 0.3) is 0 Å². The van der Waals surface area contributed by atoms with Gasteiger partial charge in [-0.25, -0.2) is 0 Å². The first-order valence-corrected chi connectivity index (χ1v) is 8.95. The summed E-state index contributed by atoms with van der Waals surface area (Å²) in [4.78, 5) is 0. The molecule has 0 spiro atoms. The van der Waals surface area contributed by atoms with Crippen molar-refractivity contribution in [3.05, 3.63) is 11.5 Å². The summed E-state index contributed by atoms with van der Waals surface area (Å²) in [6.07, 6.45) is 12.6. The van der Waals surface area contributed by atoms with Crippen LogP contribution in [-0.4, -0.2) is 24.8 Å². The van der Waals surface area contributed by atoms with Gasteiger partial charge in [-0.15, -0.1) is 11.8 Å². The second-order valence-electron chi connectivity index (χ2n) is 5.22. The van der Waals surface area contributed by atoms with Gasteiger partial charge in [-0.2, -0.15) is 0 Å². The van der Waals surface area contributed by atoms with E-state index in [9.17, 15) is 0 Å². The summed E-state index contributed by atoms with van der Waals surface area (Å²) < 4.78 is 11.5. The molecule has 0 bridgehead atoms. The molecule has 0 N–H and O–H groups in total. The Bertz CT molecular complexity index is 231. The second-order valence-corrected chi connectivity index (χ2v) is 6.16. The standard InChI is InChI=1S/C16H30O2S/c1-3-5-7-8-10-12-19-14-15-13-17-16(18-15)11-9-6-4-2/h10,12,15-16H,3-9,11,13-14H2,1-2H3/b12-10+. The second kappa shape index (κ2) is 11.8. The Balaban J connectivity index is 1.96. The van der Waals surface area contributed by atoms with Crippen LogP contribution in [0.3, 0.4) is 0 Å². The van der Waals surface area contributed by atoms with Crippen molar-refractivity contribution < 1.29 is 9.47 Å². The van der Waals surface area contributed by atoms with Crippen molar-refractivity contribution in [3.8, 4) is 0 Å². The van der Waals surface area contributed by atoms with Crippen molar-refractivity contribution in [1.82, 2.24) is 0 Å². The van der Waals surface area contributed by atoms with Crippen LogP contribution in [0.5, 0.6) is 0 Å². The molecular weight excluding hydrogens is 256 g/mol. The summed E-state index contributed by atoms with van der Waals surface area (Å²) in [5, 5.41) is 2.23. The summed E-state index contributed by atoms with van der Waals surface area (Å²) in [6, 6.07) is 0. The minimum atomic E-state index is 0.0608. The first-order chi connectivity index (χ1) is 9.36. The molecule has 0 aromatic heterocycles. The van der Waals surface area contributed by atoms with E-state index in [-0.39, 0.29) is 12.4 Å². The monoisotopic (exact) mass is 286 g/mol. The van der Waals surface area contributed by atoms with E-state index in [2.05, 4.69) is 25.3 Å². The molecule has 0 aromatic rings. The quantitative estimate of drug-likeness (QED) is 0.490. The number of hydrogen-bond acceptors (Lipinski definition) is 3. The fraction of sp³-hybridized carbons (Fsp3) is 0.875. The molecule has 0 saturated carbocycles. The van der Waals surface area contributed by atoms with Crippen molar-refractivity contribution in [1.29, 1.82) is 0 Å². The van der Waals surface area contributed by atoms with Crippen LogP contribution in [0.25, 0.3) is 0 Å². The normalized spacial score (nSPS) is 23.5. The predicted octanol–water partition coefficient (Wildman–Crippen LogP) is 5.14. The summed E-state index contributed by atoms with van der Waals surface area (Å²) in [5.41, 5.74) is 0. The lowest BCUT2D eigenvalue weighted by molar-refractivity contribution is -0.0596. The lowest BCUT2D eigenvalue weighted by Crippen LogP contribution is -2.14. The first-order valence-electron chi connectivity index (χ1n) is 7.90. The number of rotatable bonds is 11. The molecule has 0 aliphatic carbocycles. The minimum Gasteiger partial charge on any atom is -0.350 e. The van der Waals surface area contributed by atoms with Gasteiger partial charge in [-0.3, -0.25) is 0 Å². The van der Waals surface area contributed by atoms with E-state index < -0.39 is 0 Å². The topological polar surface area (TPSA) is 18.5 Å². The number of ether oxygens (including phenoxy) is 2. The van der Waals surface area contributed by atoms with E-state index in [1.807, 2.05) is 11.8 Å². The van der Waals surface area contributed by atoms with Crippen LogP contribution >= 0.6 is 11.8 Å². The van der Waals surface area contributed by atoms with Crippen molar-refractivity contribution in [2.24, 2.45) is 0 Å². The van der Waals surface area contributed by atoms with Crippen molar-refractivity contribution >= 4 is 11.8 Å². The molecule has 0 aromatic carbocycles. The van der Waals surface area contributed by atoms with Gasteiger partial charge < -0.3 is 9.47 Å². The minimum absolute atomic E-state index is 0.0608. The zero-order valence-corrected chi connectivity index (χ0v) is 13.4. The molecule has 3 heteroatoms. The molecule has 2 atom stereocenters. The van der Waals surface area contributed by atoms with E-state index in [0.717, 1.165) is 18.8 Å². The summed E-state index contributed by atoms with van der Waals surface area (Å²) in [5.74, 6) is 1.02. The van der Waals surface area contributed by atoms with Gasteiger partial charge in [0.15, 0.2) is 6.29 Å². The third kappa shape index (κ3) is 8.72. The van der Waals surface area contributed by atoms with Gasteiger partial charge in [0.05, 0.1) is 12.7 Å². The Morgan fingerprint density at radius 2 is 1.89 bits per heavy atom. The third-order valence-corrected chi connectivity index (χ3v) is 4.25. The fourth-order valence-corrected chi connectivity index (χ4v) is 2.89. The van der Waals surface area contributed by atoms with E-state index in [1.54, 1.807) is 0 Å². The average molecular weight is 286 g/mol. The zero-order chi connectivity index (χ0) is 13.8. The third-order valence-electron chi connectivity index (χ3n) is 3.30. The molecule has 2 nitrogen and oxygen atoms in total. The smallest absolute Gasteiger partial charge is 0.158 e. The van der Waals surface area contributed by atoms with E-state index in [4.69, 9.17) is 9.47 Å². The molecule has 1 aliphatic rings. The highest BCUT2D eigenvalue weighted by atomic mass is 32.2. The van der Waals surface area contributed by atoms with Crippen LogP contribution in [0.2, 0.25) is 0 Å². The molecule has 112 valence electrons. The van der Waals surface area contributed by atoms with Crippen molar-refractivity contribution in [3.63, 3.8) is 0 Å². The van der Waals surface area contributed by atoms with Crippen LogP contribution in [0.15, 0.2) is 11.5 Å². The zero-order valence-electron chi connectivity index (χ0n) is 12.6. The Labute approximate surface area is 123 Å². The van der Waals surface area contributed by atoms with Crippen molar-refractivity contribution in [2.75, 3.05) is 12.4 Å². The molecule has 1 aliphatic heterocycles. The lowest BCUT2D eigenvalue weighted by Gasteiger charge is -2.10. The molecule has 1 saturated heterocycles. The molecule has 1 heterocycles. The summed E-state index contributed by atoms with van der Waals surface area (Å²) in [7, 11) is 0. The van der Waals surface area contributed by atoms with Gasteiger partial charge >= 0.3 is 0 Å². The number of allylic oxidation sites excluding steroid dienone is 1. The molecule has 1 rings (SSSR count). The van der Waals surface area contributed by atoms with Gasteiger partial charge in [0.1, 0.15) is 0 Å². The Morgan fingerprint density at radius 3 is 2.68 bits per heavy atom. The van der Waals surface area contributed by atoms with Crippen molar-refractivity contribution in [2.45, 2.75) is 77.6 Å². The highest BCUT2D eigenvalue weighted by molar-refractivity contribution is 8.02. The first kappa shape index (κ1) is 17.1. The SMILES string of the molecule is CCCCC/C=C/SCC1COC(CCCCC)O1. The van der Waals surface area contributed by atoms with E-state index in [1.165, 1.54) is 44.9 Å². The van der Waals surface area contributed by atoms with Gasteiger partial charge in [-0.1, -0.05) is 45.6 Å². The van der Waals surface area contributed by atoms with Crippen LogP contribution in [-0.2, 0) is 9.47 Å². The van der Waals surface area contributed by atoms with Gasteiger partial charge in [0, 0.05) is 5.75 Å². The molecule has 19 heavy (non-hydrogen) atoms. The highest BCUT2D eigenvalue weighted by Crippen LogP contribution is 2.20. The number of thioether (sulfide) groups is 1. The maximum atomic E-state index is 5.88. The Hall–Kier alpha value is 0.01000. The summed E-state index contributed by atoms with van der Waals surface area (Å²) in [6.45, 7) is 5.24. The average Bonchev–Trinajstić information content (AvgIpc) is 2.86. The van der Waals surface area contributed by atoms with Crippen LogP contribution in [0.4, 0.5) is 0 Å². The maximum Gasteiger partial charge on any atom is 0.158 e. The molecule has 0 amide bonds. The fourth-order valence-electron chi connectivity index (χ4n) is 2.12. The predicted molar refractivity (Wildman–Crippen MR) is 84.5 cm³/mol. The summed E-state index contributed by atoms with van der Waals surface area (Å²) >= 11 is 1.85. The van der Waals surface area contributed by atoms with Gasteiger partial charge in [0.2, 0.25) is 0 Å². The largest absolute Gasteiger partial charge is 0.350 e. The van der Waals surface area contributed by atoms with Crippen LogP contribution in [0.1, 0.15) is 65.2 Å². The Kier molecular flexibility index (Phi) is 10.6. The molecule has 2 unspecified atom stereocenters. The molecular formula is C16H30O2S. The van der Waals surface area contributed by atoms with E-state index >= 15 is 0 Å². The molecule has 1 fully saturated rings. The number of unbranched alkanes of at least 4 members (excludes halogenated alkanes) is 5. The van der Waals surface area contributed by atoms with Crippen LogP contribution in [0, 0.1) is 0 Å². The Morgan fingerprint density at radius 1 is 1.11 bits per heavy atom.